The van der Waals surface area contributed by atoms with Crippen molar-refractivity contribution in [1.82, 2.24) is 0 Å². The van der Waals surface area contributed by atoms with Gasteiger partial charge in [0.25, 0.3) is 0 Å². The van der Waals surface area contributed by atoms with Gasteiger partial charge in [-0.3, -0.25) is 5.41 Å². The van der Waals surface area contributed by atoms with Crippen LogP contribution in [0.15, 0.2) is 54.1 Å². The first-order chi connectivity index (χ1) is 11.0. The van der Waals surface area contributed by atoms with E-state index in [0.29, 0.717) is 5.92 Å². The summed E-state index contributed by atoms with van der Waals surface area (Å²) in [6.45, 7) is 8.89. The van der Waals surface area contributed by atoms with Crippen LogP contribution in [0.3, 0.4) is 0 Å². The Kier molecular flexibility index (Phi) is 4.04. The largest absolute Gasteiger partial charge is 0.254 e. The molecule has 3 aliphatic carbocycles. The number of nitrogens with two attached hydrogens (primary N) is 1. The van der Waals surface area contributed by atoms with Crippen LogP contribution < -0.4 is 5.41 Å². The van der Waals surface area contributed by atoms with E-state index in [1.807, 2.05) is 12.2 Å². The Labute approximate surface area is 138 Å². The highest BCUT2D eigenvalue weighted by Crippen LogP contribution is 2.37. The van der Waals surface area contributed by atoms with Crippen LogP contribution >= 0.6 is 0 Å². The highest BCUT2D eigenvalue weighted by Gasteiger charge is 2.15. The molecule has 0 bridgehead atoms. The summed E-state index contributed by atoms with van der Waals surface area (Å²) < 4.78 is 0. The number of hydrogen-bond donors (Lipinski definition) is 1. The smallest absolute Gasteiger partial charge is 0.196 e. The van der Waals surface area contributed by atoms with Gasteiger partial charge in [-0.25, -0.2) is 0 Å². The summed E-state index contributed by atoms with van der Waals surface area (Å²) in [7, 11) is 0. The Morgan fingerprint density at radius 2 is 1.61 bits per heavy atom. The van der Waals surface area contributed by atoms with Crippen molar-refractivity contribution in [2.75, 3.05) is 0 Å². The second kappa shape index (κ2) is 6.00. The molecule has 1 heteroatoms. The second-order valence-corrected chi connectivity index (χ2v) is 6.70. The Morgan fingerprint density at radius 3 is 2.26 bits per heavy atom. The molecule has 2 N–H and O–H groups in total. The van der Waals surface area contributed by atoms with Gasteiger partial charge in [0.05, 0.1) is 0 Å². The molecule has 0 aromatic rings. The van der Waals surface area contributed by atoms with E-state index in [2.05, 4.69) is 70.2 Å². The predicted octanol–water partition coefficient (Wildman–Crippen LogP) is 4.24. The number of hydrogen-bond acceptors (Lipinski definition) is 0. The predicted molar refractivity (Wildman–Crippen MR) is 99.8 cm³/mol. The summed E-state index contributed by atoms with van der Waals surface area (Å²) in [5, 5.41) is 5.79. The molecular formula is C22H24N+. The van der Waals surface area contributed by atoms with Crippen molar-refractivity contribution in [1.29, 1.82) is 0 Å². The van der Waals surface area contributed by atoms with Crippen molar-refractivity contribution in [3.05, 3.63) is 76.4 Å². The van der Waals surface area contributed by atoms with Gasteiger partial charge < -0.3 is 0 Å². The lowest BCUT2D eigenvalue weighted by molar-refractivity contribution is -0.110. The highest BCUT2D eigenvalue weighted by molar-refractivity contribution is 6.02. The standard InChI is InChI=1S/C22H23N/c1-14(2)18-8-5-15(3)22-19(11-16(4)21(22)13-18)12-17-6-9-20(23)10-7-17/h5-14,23H,1-4H3/p+1. The van der Waals surface area contributed by atoms with Crippen molar-refractivity contribution in [2.45, 2.75) is 33.6 Å². The third-order valence-corrected chi connectivity index (χ3v) is 4.51. The van der Waals surface area contributed by atoms with Crippen LogP contribution in [0.5, 0.6) is 0 Å². The maximum absolute atomic E-state index is 5.79. The Balaban J connectivity index is 2.15. The number of fused-ring (bicyclic) bond motifs is 1. The lowest BCUT2D eigenvalue weighted by Crippen LogP contribution is -2.37. The van der Waals surface area contributed by atoms with E-state index >= 15 is 0 Å². The molecule has 0 fully saturated rings. The molecule has 0 aliphatic heterocycles. The second-order valence-electron chi connectivity index (χ2n) is 6.70. The van der Waals surface area contributed by atoms with Crippen LogP contribution in [0.1, 0.15) is 42.0 Å². The first-order valence-corrected chi connectivity index (χ1v) is 8.20. The first kappa shape index (κ1) is 15.5. The normalized spacial score (nSPS) is 14.1. The lowest BCUT2D eigenvalue weighted by Gasteiger charge is -2.05. The molecule has 0 heterocycles. The number of allylic oxidation sites excluding steroid dienone is 5. The molecule has 3 aliphatic rings. The van der Waals surface area contributed by atoms with Gasteiger partial charge in [-0.05, 0) is 76.9 Å². The summed E-state index contributed by atoms with van der Waals surface area (Å²) in [4.78, 5) is 0. The molecule has 116 valence electrons. The quantitative estimate of drug-likeness (QED) is 0.858. The molecule has 1 nitrogen and oxygen atoms in total. The fourth-order valence-electron chi connectivity index (χ4n) is 3.13. The minimum Gasteiger partial charge on any atom is -0.254 e. The van der Waals surface area contributed by atoms with Crippen LogP contribution in [0, 0.1) is 13.8 Å². The van der Waals surface area contributed by atoms with E-state index in [1.54, 1.807) is 0 Å². The molecule has 0 saturated carbocycles. The van der Waals surface area contributed by atoms with Crippen LogP contribution in [-0.4, -0.2) is 5.71 Å². The maximum Gasteiger partial charge on any atom is 0.196 e. The molecule has 0 radical (unpaired) electrons. The first-order valence-electron chi connectivity index (χ1n) is 8.20. The zero-order valence-electron chi connectivity index (χ0n) is 14.4. The van der Waals surface area contributed by atoms with Gasteiger partial charge >= 0.3 is 0 Å². The van der Waals surface area contributed by atoms with Crippen LogP contribution in [0.2, 0.25) is 0 Å². The molecule has 0 aromatic heterocycles. The summed E-state index contributed by atoms with van der Waals surface area (Å²) in [6, 6.07) is 9.14. The summed E-state index contributed by atoms with van der Waals surface area (Å²) >= 11 is 0. The van der Waals surface area contributed by atoms with E-state index in [9.17, 15) is 0 Å². The molecule has 0 unspecified atom stereocenters. The van der Waals surface area contributed by atoms with Crippen molar-refractivity contribution in [3.8, 4) is 11.1 Å². The number of aryl methyl sites for hydroxylation is 2. The van der Waals surface area contributed by atoms with Gasteiger partial charge in [-0.2, -0.15) is 0 Å². The zero-order valence-corrected chi connectivity index (χ0v) is 14.4. The number of rotatable bonds is 2. The summed E-state index contributed by atoms with van der Waals surface area (Å²) in [5.74, 6) is 0.531. The minimum absolute atomic E-state index is 0.531. The van der Waals surface area contributed by atoms with Crippen molar-refractivity contribution < 1.29 is 5.41 Å². The molecule has 0 atom stereocenters. The highest BCUT2D eigenvalue weighted by atomic mass is 14.4. The van der Waals surface area contributed by atoms with Crippen molar-refractivity contribution >= 4 is 11.8 Å². The van der Waals surface area contributed by atoms with Crippen molar-refractivity contribution in [2.24, 2.45) is 0 Å². The third-order valence-electron chi connectivity index (χ3n) is 4.51. The summed E-state index contributed by atoms with van der Waals surface area (Å²) in [6.07, 6.45) is 10.3. The molecule has 0 saturated heterocycles. The van der Waals surface area contributed by atoms with E-state index < -0.39 is 0 Å². The fourth-order valence-corrected chi connectivity index (χ4v) is 3.13. The van der Waals surface area contributed by atoms with Gasteiger partial charge in [-0.15, -0.1) is 0 Å². The lowest BCUT2D eigenvalue weighted by atomic mass is 9.99. The van der Waals surface area contributed by atoms with Gasteiger partial charge in [-0.1, -0.05) is 38.1 Å². The Hall–Kier alpha value is -2.41. The van der Waals surface area contributed by atoms with Gasteiger partial charge in [0.1, 0.15) is 0 Å². The SMILES string of the molecule is Cc1cc(C=C2C=CC(=[NH2+])C=C2)c2c(C)ccc(C(C)C)cc1-2. The van der Waals surface area contributed by atoms with Crippen molar-refractivity contribution in [3.63, 3.8) is 0 Å². The minimum atomic E-state index is 0.531. The van der Waals surface area contributed by atoms with E-state index in [1.165, 1.54) is 39.0 Å². The van der Waals surface area contributed by atoms with Gasteiger partial charge in [0.15, 0.2) is 5.71 Å². The Bertz CT molecular complexity index is 813. The van der Waals surface area contributed by atoms with E-state index in [0.717, 1.165) is 5.71 Å². The van der Waals surface area contributed by atoms with E-state index in [-0.39, 0.29) is 0 Å². The van der Waals surface area contributed by atoms with Gasteiger partial charge in [0, 0.05) is 12.2 Å². The van der Waals surface area contributed by atoms with Crippen LogP contribution in [-0.2, 0) is 0 Å². The maximum atomic E-state index is 5.79. The third kappa shape index (κ3) is 3.05. The van der Waals surface area contributed by atoms with E-state index in [4.69, 9.17) is 5.41 Å². The molecule has 23 heavy (non-hydrogen) atoms. The molecule has 0 amide bonds. The molecular weight excluding hydrogens is 278 g/mol. The average molecular weight is 302 g/mol. The summed E-state index contributed by atoms with van der Waals surface area (Å²) in [5.41, 5.74) is 10.0. The zero-order chi connectivity index (χ0) is 16.6. The molecule has 0 spiro atoms. The topological polar surface area (TPSA) is 25.6 Å². The van der Waals surface area contributed by atoms with Gasteiger partial charge in [0.2, 0.25) is 0 Å². The molecule has 0 aromatic carbocycles. The molecule has 3 rings (SSSR count). The monoisotopic (exact) mass is 302 g/mol. The van der Waals surface area contributed by atoms with Crippen LogP contribution in [0.25, 0.3) is 17.2 Å². The Morgan fingerprint density at radius 1 is 0.913 bits per heavy atom. The fraction of sp³-hybridized carbons (Fsp3) is 0.227. The van der Waals surface area contributed by atoms with Crippen LogP contribution in [0.4, 0.5) is 0 Å². The average Bonchev–Trinajstić information content (AvgIpc) is 2.69.